The Balaban J connectivity index is 1.65. The second-order valence-electron chi connectivity index (χ2n) is 7.30. The number of benzene rings is 3. The number of amides is 1. The first-order chi connectivity index (χ1) is 13.7. The number of aromatic hydroxyl groups is 1. The molecule has 144 valence electrons. The van der Waals surface area contributed by atoms with Crippen LogP contribution in [0.1, 0.15) is 42.9 Å². The first kappa shape index (κ1) is 18.5. The summed E-state index contributed by atoms with van der Waals surface area (Å²) < 4.78 is 5.63. The van der Waals surface area contributed by atoms with Crippen LogP contribution in [-0.4, -0.2) is 23.7 Å². The Kier molecular flexibility index (Phi) is 5.58. The van der Waals surface area contributed by atoms with Crippen LogP contribution in [0.3, 0.4) is 0 Å². The lowest BCUT2D eigenvalue weighted by Gasteiger charge is -2.23. The van der Waals surface area contributed by atoms with Gasteiger partial charge in [-0.15, -0.1) is 0 Å². The van der Waals surface area contributed by atoms with E-state index in [9.17, 15) is 9.90 Å². The van der Waals surface area contributed by atoms with Crippen molar-refractivity contribution in [1.82, 2.24) is 5.32 Å². The third-order valence-electron chi connectivity index (χ3n) is 5.39. The number of nitrogens with one attached hydrogen (secondary N) is 1. The Bertz CT molecular complexity index is 948. The molecular weight excluding hydrogens is 350 g/mol. The summed E-state index contributed by atoms with van der Waals surface area (Å²) in [6.07, 6.45) is 3.43. The zero-order valence-electron chi connectivity index (χ0n) is 15.8. The summed E-state index contributed by atoms with van der Waals surface area (Å²) in [5.41, 5.74) is 1.68. The van der Waals surface area contributed by atoms with Crippen LogP contribution in [0.4, 0.5) is 0 Å². The van der Waals surface area contributed by atoms with Crippen LogP contribution in [0.2, 0.25) is 0 Å². The number of rotatable bonds is 6. The molecule has 0 unspecified atom stereocenters. The van der Waals surface area contributed by atoms with Gasteiger partial charge in [-0.05, 0) is 41.7 Å². The van der Waals surface area contributed by atoms with Crippen molar-refractivity contribution in [3.05, 3.63) is 77.9 Å². The second-order valence-corrected chi connectivity index (χ2v) is 7.30. The number of phenols is 1. The van der Waals surface area contributed by atoms with Crippen molar-refractivity contribution in [2.24, 2.45) is 0 Å². The summed E-state index contributed by atoms with van der Waals surface area (Å²) in [7, 11) is 0. The summed E-state index contributed by atoms with van der Waals surface area (Å²) in [4.78, 5) is 12.8. The second kappa shape index (κ2) is 8.44. The normalized spacial score (nSPS) is 17.5. The van der Waals surface area contributed by atoms with Gasteiger partial charge in [0.1, 0.15) is 5.75 Å². The van der Waals surface area contributed by atoms with Crippen LogP contribution in [-0.2, 0) is 9.53 Å². The van der Waals surface area contributed by atoms with Crippen molar-refractivity contribution in [3.63, 3.8) is 0 Å². The molecule has 28 heavy (non-hydrogen) atoms. The van der Waals surface area contributed by atoms with Gasteiger partial charge < -0.3 is 15.2 Å². The average Bonchev–Trinajstić information content (AvgIpc) is 3.25. The summed E-state index contributed by atoms with van der Waals surface area (Å²) in [5.74, 6) is 0.156. The van der Waals surface area contributed by atoms with Gasteiger partial charge in [0, 0.05) is 18.6 Å². The van der Waals surface area contributed by atoms with E-state index in [4.69, 9.17) is 4.74 Å². The molecule has 0 bridgehead atoms. The number of fused-ring (bicyclic) bond motifs is 1. The topological polar surface area (TPSA) is 58.6 Å². The lowest BCUT2D eigenvalue weighted by atomic mass is 9.92. The van der Waals surface area contributed by atoms with Crippen molar-refractivity contribution in [1.29, 1.82) is 0 Å². The predicted molar refractivity (Wildman–Crippen MR) is 110 cm³/mol. The number of hydrogen-bond donors (Lipinski definition) is 2. The van der Waals surface area contributed by atoms with Crippen molar-refractivity contribution < 1.29 is 14.6 Å². The van der Waals surface area contributed by atoms with Crippen LogP contribution < -0.4 is 5.32 Å². The molecule has 4 nitrogen and oxygen atoms in total. The van der Waals surface area contributed by atoms with E-state index in [0.717, 1.165) is 47.8 Å². The third-order valence-corrected chi connectivity index (χ3v) is 5.39. The lowest BCUT2D eigenvalue weighted by molar-refractivity contribution is -0.122. The van der Waals surface area contributed by atoms with Gasteiger partial charge in [-0.3, -0.25) is 4.79 Å². The highest BCUT2D eigenvalue weighted by Crippen LogP contribution is 2.36. The Morgan fingerprint density at radius 2 is 1.86 bits per heavy atom. The minimum absolute atomic E-state index is 0.0308. The minimum Gasteiger partial charge on any atom is -0.508 e. The van der Waals surface area contributed by atoms with Crippen molar-refractivity contribution >= 4 is 16.7 Å². The summed E-state index contributed by atoms with van der Waals surface area (Å²) in [6.45, 7) is 0.794. The molecule has 1 amide bonds. The number of ether oxygens (including phenoxy) is 1. The Morgan fingerprint density at radius 3 is 2.64 bits per heavy atom. The number of carbonyl (C=O) groups excluding carboxylic acids is 1. The molecule has 1 fully saturated rings. The highest BCUT2D eigenvalue weighted by atomic mass is 16.5. The lowest BCUT2D eigenvalue weighted by Crippen LogP contribution is -2.30. The summed E-state index contributed by atoms with van der Waals surface area (Å²) in [6, 6.07) is 20.9. The quantitative estimate of drug-likeness (QED) is 0.656. The molecule has 1 saturated heterocycles. The Labute approximate surface area is 165 Å². The molecule has 3 aromatic carbocycles. The third kappa shape index (κ3) is 4.02. The number of phenolic OH excluding ortho intramolecular Hbond substituents is 1. The zero-order chi connectivity index (χ0) is 19.3. The molecule has 1 heterocycles. The first-order valence-corrected chi connectivity index (χ1v) is 9.89. The highest BCUT2D eigenvalue weighted by Gasteiger charge is 2.23. The molecule has 0 radical (unpaired) electrons. The van der Waals surface area contributed by atoms with Crippen LogP contribution in [0, 0.1) is 0 Å². The molecule has 2 N–H and O–H groups in total. The SMILES string of the molecule is O=C(CC[C@@H]1CCCO1)N[C@H](c1ccccc1)c1c(O)ccc2ccccc12. The van der Waals surface area contributed by atoms with Gasteiger partial charge in [-0.2, -0.15) is 0 Å². The van der Waals surface area contributed by atoms with E-state index in [1.807, 2.05) is 60.7 Å². The highest BCUT2D eigenvalue weighted by molar-refractivity contribution is 5.89. The Hall–Kier alpha value is -2.85. The van der Waals surface area contributed by atoms with Crippen molar-refractivity contribution in [3.8, 4) is 5.75 Å². The smallest absolute Gasteiger partial charge is 0.220 e. The average molecular weight is 375 g/mol. The molecule has 3 aromatic rings. The van der Waals surface area contributed by atoms with Gasteiger partial charge in [0.2, 0.25) is 5.91 Å². The van der Waals surface area contributed by atoms with Crippen LogP contribution >= 0.6 is 0 Å². The van der Waals surface area contributed by atoms with Gasteiger partial charge in [-0.1, -0.05) is 60.7 Å². The Morgan fingerprint density at radius 1 is 1.07 bits per heavy atom. The maximum atomic E-state index is 12.8. The van der Waals surface area contributed by atoms with Crippen LogP contribution in [0.15, 0.2) is 66.7 Å². The van der Waals surface area contributed by atoms with Gasteiger partial charge in [-0.25, -0.2) is 0 Å². The first-order valence-electron chi connectivity index (χ1n) is 9.89. The molecular formula is C24H25NO3. The molecule has 4 heteroatoms. The molecule has 0 saturated carbocycles. The summed E-state index contributed by atoms with van der Waals surface area (Å²) in [5, 5.41) is 15.8. The van der Waals surface area contributed by atoms with Crippen molar-refractivity contribution in [2.45, 2.75) is 37.8 Å². The molecule has 4 rings (SSSR count). The van der Waals surface area contributed by atoms with E-state index in [0.29, 0.717) is 6.42 Å². The molecule has 0 aromatic heterocycles. The fourth-order valence-electron chi connectivity index (χ4n) is 3.95. The van der Waals surface area contributed by atoms with Gasteiger partial charge in [0.25, 0.3) is 0 Å². The number of hydrogen-bond acceptors (Lipinski definition) is 3. The fraction of sp³-hybridized carbons (Fsp3) is 0.292. The van der Waals surface area contributed by atoms with Crippen LogP contribution in [0.5, 0.6) is 5.75 Å². The van der Waals surface area contributed by atoms with E-state index < -0.39 is 6.04 Å². The summed E-state index contributed by atoms with van der Waals surface area (Å²) >= 11 is 0. The monoisotopic (exact) mass is 375 g/mol. The maximum absolute atomic E-state index is 12.8. The van der Waals surface area contributed by atoms with E-state index in [1.165, 1.54) is 0 Å². The molecule has 0 aliphatic carbocycles. The van der Waals surface area contributed by atoms with Gasteiger partial charge >= 0.3 is 0 Å². The maximum Gasteiger partial charge on any atom is 0.220 e. The van der Waals surface area contributed by atoms with Gasteiger partial charge in [0.15, 0.2) is 0 Å². The number of carbonyl (C=O) groups is 1. The minimum atomic E-state index is -0.413. The van der Waals surface area contributed by atoms with E-state index in [-0.39, 0.29) is 17.8 Å². The van der Waals surface area contributed by atoms with Crippen LogP contribution in [0.25, 0.3) is 10.8 Å². The fourth-order valence-corrected chi connectivity index (χ4v) is 3.95. The zero-order valence-corrected chi connectivity index (χ0v) is 15.8. The molecule has 1 aliphatic heterocycles. The largest absolute Gasteiger partial charge is 0.508 e. The molecule has 1 aliphatic rings. The predicted octanol–water partition coefficient (Wildman–Crippen LogP) is 4.71. The molecule has 2 atom stereocenters. The van der Waals surface area contributed by atoms with E-state index >= 15 is 0 Å². The standard InChI is InChI=1S/C24H25NO3/c26-21-14-12-17-7-4-5-11-20(17)23(21)24(18-8-2-1-3-9-18)25-22(27)15-13-19-10-6-16-28-19/h1-5,7-9,11-12,14,19,24,26H,6,10,13,15-16H2,(H,25,27)/t19-,24+/m0/s1. The van der Waals surface area contributed by atoms with Crippen molar-refractivity contribution in [2.75, 3.05) is 6.61 Å². The van der Waals surface area contributed by atoms with Gasteiger partial charge in [0.05, 0.1) is 12.1 Å². The van der Waals surface area contributed by atoms with E-state index in [2.05, 4.69) is 5.32 Å². The molecule has 0 spiro atoms. The van der Waals surface area contributed by atoms with E-state index in [1.54, 1.807) is 6.07 Å².